The molecule has 0 aliphatic carbocycles. The Balaban J connectivity index is 2.14. The molecule has 4 nitrogen and oxygen atoms in total. The van der Waals surface area contributed by atoms with Crippen molar-refractivity contribution >= 4 is 23.2 Å². The first-order valence-electron chi connectivity index (χ1n) is 4.81. The Morgan fingerprint density at radius 1 is 1.20 bits per heavy atom. The summed E-state index contributed by atoms with van der Waals surface area (Å²) >= 11 is 1.05. The zero-order chi connectivity index (χ0) is 10.8. The minimum Gasteiger partial charge on any atom is -0.477 e. The summed E-state index contributed by atoms with van der Waals surface area (Å²) in [6.45, 7) is 1.58. The van der Waals surface area contributed by atoms with Crippen molar-refractivity contribution in [2.45, 2.75) is 12.8 Å². The van der Waals surface area contributed by atoms with E-state index in [1.165, 1.54) is 6.07 Å². The van der Waals surface area contributed by atoms with E-state index in [2.05, 4.69) is 0 Å². The molecular formula is C10H11NO3S. The molecule has 0 atom stereocenters. The molecule has 2 rings (SSSR count). The van der Waals surface area contributed by atoms with E-state index in [4.69, 9.17) is 5.11 Å². The van der Waals surface area contributed by atoms with Gasteiger partial charge in [-0.15, -0.1) is 11.3 Å². The van der Waals surface area contributed by atoms with Crippen molar-refractivity contribution in [2.24, 2.45) is 0 Å². The lowest BCUT2D eigenvalue weighted by molar-refractivity contribution is 0.0701. The van der Waals surface area contributed by atoms with Gasteiger partial charge in [-0.05, 0) is 25.0 Å². The van der Waals surface area contributed by atoms with Crippen molar-refractivity contribution in [3.63, 3.8) is 0 Å². The maximum atomic E-state index is 11.8. The number of carbonyl (C=O) groups excluding carboxylic acids is 1. The number of hydrogen-bond acceptors (Lipinski definition) is 3. The quantitative estimate of drug-likeness (QED) is 0.833. The second-order valence-electron chi connectivity index (χ2n) is 3.47. The van der Waals surface area contributed by atoms with Crippen LogP contribution in [0.3, 0.4) is 0 Å². The third-order valence-electron chi connectivity index (χ3n) is 2.42. The number of carboxylic acid groups (broad SMARTS) is 1. The van der Waals surface area contributed by atoms with Crippen LogP contribution in [-0.2, 0) is 0 Å². The summed E-state index contributed by atoms with van der Waals surface area (Å²) < 4.78 is 0. The van der Waals surface area contributed by atoms with Gasteiger partial charge in [-0.3, -0.25) is 4.79 Å². The van der Waals surface area contributed by atoms with Gasteiger partial charge in [0, 0.05) is 13.1 Å². The van der Waals surface area contributed by atoms with Crippen molar-refractivity contribution in [1.82, 2.24) is 4.90 Å². The molecule has 0 unspecified atom stereocenters. The molecule has 0 saturated carbocycles. The van der Waals surface area contributed by atoms with Gasteiger partial charge in [0.2, 0.25) is 0 Å². The lowest BCUT2D eigenvalue weighted by Gasteiger charge is -2.13. The van der Waals surface area contributed by atoms with Crippen LogP contribution in [-0.4, -0.2) is 35.0 Å². The van der Waals surface area contributed by atoms with Crippen molar-refractivity contribution in [3.05, 3.63) is 21.9 Å². The molecule has 2 heterocycles. The van der Waals surface area contributed by atoms with Crippen LogP contribution in [0, 0.1) is 0 Å². The highest BCUT2D eigenvalue weighted by Gasteiger charge is 2.21. The molecule has 5 heteroatoms. The van der Waals surface area contributed by atoms with E-state index in [0.29, 0.717) is 4.88 Å². The fourth-order valence-electron chi connectivity index (χ4n) is 1.64. The number of amides is 1. The lowest BCUT2D eigenvalue weighted by Crippen LogP contribution is -2.26. The number of nitrogens with zero attached hydrogens (tertiary/aromatic N) is 1. The molecule has 1 aromatic heterocycles. The van der Waals surface area contributed by atoms with Gasteiger partial charge < -0.3 is 10.0 Å². The number of carboxylic acids is 1. The molecule has 1 aliphatic heterocycles. The Morgan fingerprint density at radius 3 is 2.33 bits per heavy atom. The van der Waals surface area contributed by atoms with Crippen molar-refractivity contribution < 1.29 is 14.7 Å². The second-order valence-corrected chi connectivity index (χ2v) is 4.55. The third-order valence-corrected chi connectivity index (χ3v) is 3.48. The number of hydrogen-bond donors (Lipinski definition) is 1. The van der Waals surface area contributed by atoms with Crippen LogP contribution in [0.4, 0.5) is 0 Å². The molecular weight excluding hydrogens is 214 g/mol. The Labute approximate surface area is 91.1 Å². The van der Waals surface area contributed by atoms with E-state index in [-0.39, 0.29) is 10.8 Å². The van der Waals surface area contributed by atoms with E-state index in [9.17, 15) is 9.59 Å². The van der Waals surface area contributed by atoms with Crippen LogP contribution in [0.5, 0.6) is 0 Å². The fraction of sp³-hybridized carbons (Fsp3) is 0.400. The van der Waals surface area contributed by atoms with Crippen molar-refractivity contribution in [2.75, 3.05) is 13.1 Å². The Hall–Kier alpha value is -1.36. The number of carbonyl (C=O) groups is 2. The highest BCUT2D eigenvalue weighted by Crippen LogP contribution is 2.20. The van der Waals surface area contributed by atoms with Crippen molar-refractivity contribution in [1.29, 1.82) is 0 Å². The molecule has 1 N–H and O–H groups in total. The molecule has 1 aromatic rings. The topological polar surface area (TPSA) is 57.6 Å². The number of rotatable bonds is 2. The zero-order valence-corrected chi connectivity index (χ0v) is 8.92. The molecule has 15 heavy (non-hydrogen) atoms. The van der Waals surface area contributed by atoms with Crippen LogP contribution < -0.4 is 0 Å². The molecule has 0 aromatic carbocycles. The maximum Gasteiger partial charge on any atom is 0.345 e. The summed E-state index contributed by atoms with van der Waals surface area (Å²) in [6.07, 6.45) is 2.09. The van der Waals surface area contributed by atoms with E-state index in [1.807, 2.05) is 0 Å². The highest BCUT2D eigenvalue weighted by molar-refractivity contribution is 7.15. The van der Waals surface area contributed by atoms with E-state index in [0.717, 1.165) is 37.3 Å². The van der Waals surface area contributed by atoms with Gasteiger partial charge in [-0.25, -0.2) is 4.79 Å². The molecule has 1 saturated heterocycles. The Bertz CT molecular complexity index is 393. The summed E-state index contributed by atoms with van der Waals surface area (Å²) in [5.41, 5.74) is 0. The predicted octanol–water partition coefficient (Wildman–Crippen LogP) is 1.68. The van der Waals surface area contributed by atoms with E-state index in [1.54, 1.807) is 11.0 Å². The highest BCUT2D eigenvalue weighted by atomic mass is 32.1. The molecule has 1 amide bonds. The maximum absolute atomic E-state index is 11.8. The summed E-state index contributed by atoms with van der Waals surface area (Å²) in [7, 11) is 0. The van der Waals surface area contributed by atoms with Crippen LogP contribution in [0.1, 0.15) is 32.2 Å². The minimum atomic E-state index is -0.972. The van der Waals surface area contributed by atoms with Gasteiger partial charge in [0.15, 0.2) is 0 Å². The predicted molar refractivity (Wildman–Crippen MR) is 56.4 cm³/mol. The summed E-state index contributed by atoms with van der Waals surface area (Å²) in [4.78, 5) is 25.0. The smallest absolute Gasteiger partial charge is 0.345 e. The molecule has 0 bridgehead atoms. The van der Waals surface area contributed by atoms with Gasteiger partial charge in [0.05, 0.1) is 4.88 Å². The van der Waals surface area contributed by atoms with Gasteiger partial charge in [-0.1, -0.05) is 0 Å². The average molecular weight is 225 g/mol. The Morgan fingerprint density at radius 2 is 1.80 bits per heavy atom. The summed E-state index contributed by atoms with van der Waals surface area (Å²) in [5, 5.41) is 8.73. The van der Waals surface area contributed by atoms with Gasteiger partial charge in [0.1, 0.15) is 4.88 Å². The van der Waals surface area contributed by atoms with Crippen LogP contribution in [0.15, 0.2) is 12.1 Å². The van der Waals surface area contributed by atoms with Gasteiger partial charge >= 0.3 is 5.97 Å². The van der Waals surface area contributed by atoms with E-state index >= 15 is 0 Å². The lowest BCUT2D eigenvalue weighted by atomic mass is 10.4. The first-order chi connectivity index (χ1) is 7.18. The summed E-state index contributed by atoms with van der Waals surface area (Å²) in [6, 6.07) is 3.07. The molecule has 0 radical (unpaired) electrons. The zero-order valence-electron chi connectivity index (χ0n) is 8.10. The minimum absolute atomic E-state index is 0.0370. The molecule has 0 spiro atoms. The van der Waals surface area contributed by atoms with Crippen LogP contribution in [0.2, 0.25) is 0 Å². The third kappa shape index (κ3) is 2.02. The van der Waals surface area contributed by atoms with Gasteiger partial charge in [0.25, 0.3) is 5.91 Å². The molecule has 1 aliphatic rings. The normalized spacial score (nSPS) is 15.6. The fourth-order valence-corrected chi connectivity index (χ4v) is 2.46. The van der Waals surface area contributed by atoms with Crippen molar-refractivity contribution in [3.8, 4) is 0 Å². The largest absolute Gasteiger partial charge is 0.477 e. The number of thiophene rings is 1. The SMILES string of the molecule is O=C(O)c1ccc(C(=O)N2CCCC2)s1. The monoisotopic (exact) mass is 225 g/mol. The first-order valence-corrected chi connectivity index (χ1v) is 5.62. The number of likely N-dealkylation sites (tertiary alicyclic amines) is 1. The second kappa shape index (κ2) is 4.02. The van der Waals surface area contributed by atoms with Crippen LogP contribution in [0.25, 0.3) is 0 Å². The Kier molecular flexibility index (Phi) is 2.73. The van der Waals surface area contributed by atoms with Gasteiger partial charge in [-0.2, -0.15) is 0 Å². The first kappa shape index (κ1) is 10.2. The molecule has 1 fully saturated rings. The summed E-state index contributed by atoms with van der Waals surface area (Å²) in [5.74, 6) is -1.01. The standard InChI is InChI=1S/C10H11NO3S/c12-9(11-5-1-2-6-11)7-3-4-8(15-7)10(13)14/h3-4H,1-2,5-6H2,(H,13,14). The molecule has 80 valence electrons. The van der Waals surface area contributed by atoms with E-state index < -0.39 is 5.97 Å². The number of aromatic carboxylic acids is 1. The average Bonchev–Trinajstić information content (AvgIpc) is 2.88. The van der Waals surface area contributed by atoms with Crippen LogP contribution >= 0.6 is 11.3 Å².